The van der Waals surface area contributed by atoms with Crippen LogP contribution in [0.2, 0.25) is 0 Å². The van der Waals surface area contributed by atoms with Crippen molar-refractivity contribution in [2.24, 2.45) is 0 Å². The number of nitrogens with one attached hydrogen (secondary N) is 1. The molecule has 7 heteroatoms. The van der Waals surface area contributed by atoms with Crippen LogP contribution in [0.5, 0.6) is 0 Å². The summed E-state index contributed by atoms with van der Waals surface area (Å²) in [6.07, 6.45) is -0.0395. The first-order valence-electron chi connectivity index (χ1n) is 8.60. The molecule has 1 aliphatic rings. The zero-order chi connectivity index (χ0) is 18.7. The van der Waals surface area contributed by atoms with Crippen molar-refractivity contribution in [1.29, 1.82) is 0 Å². The molecule has 1 fully saturated rings. The number of benzene rings is 1. The number of carbonyl (C=O) groups excluding carboxylic acids is 2. The molecule has 1 aliphatic heterocycles. The molecule has 2 heterocycles. The lowest BCUT2D eigenvalue weighted by atomic mass is 10.1. The normalized spacial score (nSPS) is 19.2. The summed E-state index contributed by atoms with van der Waals surface area (Å²) in [6.45, 7) is 6.74. The molecule has 138 valence electrons. The maximum Gasteiger partial charge on any atom is 0.273 e. The molecule has 1 saturated heterocycles. The minimum atomic E-state index is -0.440. The highest BCUT2D eigenvalue weighted by Crippen LogP contribution is 2.21. The van der Waals surface area contributed by atoms with E-state index in [4.69, 9.17) is 9.26 Å². The maximum absolute atomic E-state index is 12.4. The largest absolute Gasteiger partial charge is 0.369 e. The lowest BCUT2D eigenvalue weighted by molar-refractivity contribution is -0.157. The molecule has 3 rings (SSSR count). The van der Waals surface area contributed by atoms with E-state index in [2.05, 4.69) is 10.5 Å². The number of rotatable bonds is 4. The van der Waals surface area contributed by atoms with Gasteiger partial charge in [0.2, 0.25) is 5.91 Å². The third kappa shape index (κ3) is 4.29. The van der Waals surface area contributed by atoms with E-state index < -0.39 is 11.5 Å². The van der Waals surface area contributed by atoms with E-state index in [0.717, 1.165) is 5.56 Å². The van der Waals surface area contributed by atoms with Crippen molar-refractivity contribution in [2.45, 2.75) is 32.5 Å². The van der Waals surface area contributed by atoms with Crippen molar-refractivity contribution in [3.8, 4) is 11.3 Å². The summed E-state index contributed by atoms with van der Waals surface area (Å²) in [5.41, 5.74) is 0.584. The second kappa shape index (κ2) is 7.29. The molecule has 0 bridgehead atoms. The highest BCUT2D eigenvalue weighted by atomic mass is 16.5. The van der Waals surface area contributed by atoms with E-state index in [1.54, 1.807) is 11.0 Å². The van der Waals surface area contributed by atoms with Gasteiger partial charge in [-0.15, -0.1) is 0 Å². The van der Waals surface area contributed by atoms with Gasteiger partial charge in [0.1, 0.15) is 0 Å². The number of aromatic nitrogens is 1. The molecule has 2 amide bonds. The minimum absolute atomic E-state index is 0.0395. The zero-order valence-corrected chi connectivity index (χ0v) is 15.2. The van der Waals surface area contributed by atoms with Gasteiger partial charge in [-0.1, -0.05) is 35.5 Å². The van der Waals surface area contributed by atoms with Gasteiger partial charge in [0.05, 0.1) is 18.2 Å². The van der Waals surface area contributed by atoms with Crippen LogP contribution in [0.4, 0.5) is 0 Å². The SMILES string of the molecule is C[C@H]1CN(C(=O)CNC(=O)c2cc(-c3ccccc3)on2)CC(C)(C)O1. The Morgan fingerprint density at radius 2 is 2.04 bits per heavy atom. The van der Waals surface area contributed by atoms with Gasteiger partial charge < -0.3 is 19.5 Å². The summed E-state index contributed by atoms with van der Waals surface area (Å²) in [6, 6.07) is 10.9. The molecular formula is C19H23N3O4. The number of hydrogen-bond acceptors (Lipinski definition) is 5. The first-order valence-corrected chi connectivity index (χ1v) is 8.60. The van der Waals surface area contributed by atoms with Crippen molar-refractivity contribution >= 4 is 11.8 Å². The highest BCUT2D eigenvalue weighted by Gasteiger charge is 2.33. The smallest absolute Gasteiger partial charge is 0.273 e. The second-order valence-electron chi connectivity index (χ2n) is 7.09. The Kier molecular flexibility index (Phi) is 5.08. The standard InChI is InChI=1S/C19H23N3O4/c1-13-11-22(12-19(2,3)25-13)17(23)10-20-18(24)15-9-16(26-21-15)14-7-5-4-6-8-14/h4-9,13H,10-12H2,1-3H3,(H,20,24)/t13-/m0/s1. The average Bonchev–Trinajstić information content (AvgIpc) is 3.08. The Morgan fingerprint density at radius 3 is 2.73 bits per heavy atom. The molecule has 1 aromatic carbocycles. The summed E-state index contributed by atoms with van der Waals surface area (Å²) in [7, 11) is 0. The fourth-order valence-electron chi connectivity index (χ4n) is 3.12. The monoisotopic (exact) mass is 357 g/mol. The molecule has 26 heavy (non-hydrogen) atoms. The second-order valence-corrected chi connectivity index (χ2v) is 7.09. The fraction of sp³-hybridized carbons (Fsp3) is 0.421. The molecular weight excluding hydrogens is 334 g/mol. The molecule has 1 atom stereocenters. The first-order chi connectivity index (χ1) is 12.3. The number of nitrogens with zero attached hydrogens (tertiary/aromatic N) is 2. The van der Waals surface area contributed by atoms with E-state index >= 15 is 0 Å². The molecule has 0 aliphatic carbocycles. The number of morpholine rings is 1. The molecule has 1 N–H and O–H groups in total. The molecule has 7 nitrogen and oxygen atoms in total. The van der Waals surface area contributed by atoms with E-state index in [1.165, 1.54) is 0 Å². The number of ether oxygens (including phenoxy) is 1. The van der Waals surface area contributed by atoms with Crippen LogP contribution >= 0.6 is 0 Å². The summed E-state index contributed by atoms with van der Waals surface area (Å²) < 4.78 is 11.0. The Morgan fingerprint density at radius 1 is 1.31 bits per heavy atom. The van der Waals surface area contributed by atoms with Crippen LogP contribution in [0.3, 0.4) is 0 Å². The van der Waals surface area contributed by atoms with Crippen LogP contribution in [-0.4, -0.2) is 53.2 Å². The van der Waals surface area contributed by atoms with Crippen molar-refractivity contribution in [2.75, 3.05) is 19.6 Å². The van der Waals surface area contributed by atoms with Crippen molar-refractivity contribution in [3.63, 3.8) is 0 Å². The predicted molar refractivity (Wildman–Crippen MR) is 95.5 cm³/mol. The van der Waals surface area contributed by atoms with Crippen LogP contribution in [0.15, 0.2) is 40.9 Å². The van der Waals surface area contributed by atoms with E-state index in [-0.39, 0.29) is 24.2 Å². The van der Waals surface area contributed by atoms with Crippen LogP contribution in [0.25, 0.3) is 11.3 Å². The summed E-state index contributed by atoms with van der Waals surface area (Å²) in [5, 5.41) is 6.40. The summed E-state index contributed by atoms with van der Waals surface area (Å²) in [4.78, 5) is 26.4. The topological polar surface area (TPSA) is 84.7 Å². The maximum atomic E-state index is 12.4. The van der Waals surface area contributed by atoms with Crippen molar-refractivity contribution < 1.29 is 18.8 Å². The lowest BCUT2D eigenvalue weighted by Crippen LogP contribution is -2.55. The first kappa shape index (κ1) is 18.1. The van der Waals surface area contributed by atoms with Gasteiger partial charge >= 0.3 is 0 Å². The third-order valence-corrected chi connectivity index (χ3v) is 4.12. The molecule has 0 unspecified atom stereocenters. The Bertz CT molecular complexity index is 785. The molecule has 0 spiro atoms. The quantitative estimate of drug-likeness (QED) is 0.906. The molecule has 0 radical (unpaired) electrons. The van der Waals surface area contributed by atoms with Crippen LogP contribution in [0, 0.1) is 0 Å². The molecule has 1 aromatic heterocycles. The minimum Gasteiger partial charge on any atom is -0.369 e. The number of carbonyl (C=O) groups is 2. The zero-order valence-electron chi connectivity index (χ0n) is 15.2. The number of hydrogen-bond donors (Lipinski definition) is 1. The fourth-order valence-corrected chi connectivity index (χ4v) is 3.12. The summed E-state index contributed by atoms with van der Waals surface area (Å²) >= 11 is 0. The van der Waals surface area contributed by atoms with Gasteiger partial charge in [-0.2, -0.15) is 0 Å². The molecule has 0 saturated carbocycles. The lowest BCUT2D eigenvalue weighted by Gasteiger charge is -2.41. The van der Waals surface area contributed by atoms with Gasteiger partial charge in [-0.05, 0) is 20.8 Å². The Balaban J connectivity index is 1.57. The van der Waals surface area contributed by atoms with Gasteiger partial charge in [0.15, 0.2) is 11.5 Å². The number of amides is 2. The van der Waals surface area contributed by atoms with Crippen LogP contribution < -0.4 is 5.32 Å². The predicted octanol–water partition coefficient (Wildman–Crippen LogP) is 2.10. The van der Waals surface area contributed by atoms with Crippen LogP contribution in [0.1, 0.15) is 31.3 Å². The van der Waals surface area contributed by atoms with Crippen LogP contribution in [-0.2, 0) is 9.53 Å². The van der Waals surface area contributed by atoms with E-state index in [0.29, 0.717) is 18.8 Å². The van der Waals surface area contributed by atoms with Gasteiger partial charge in [-0.25, -0.2) is 0 Å². The average molecular weight is 357 g/mol. The van der Waals surface area contributed by atoms with E-state index in [1.807, 2.05) is 51.1 Å². The molecule has 2 aromatic rings. The Hall–Kier alpha value is -2.67. The highest BCUT2D eigenvalue weighted by molar-refractivity contribution is 5.95. The van der Waals surface area contributed by atoms with E-state index in [9.17, 15) is 9.59 Å². The summed E-state index contributed by atoms with van der Waals surface area (Å²) in [5.74, 6) is -0.0796. The van der Waals surface area contributed by atoms with Crippen molar-refractivity contribution in [1.82, 2.24) is 15.4 Å². The van der Waals surface area contributed by atoms with Gasteiger partial charge in [0.25, 0.3) is 5.91 Å². The van der Waals surface area contributed by atoms with Gasteiger partial charge in [-0.3, -0.25) is 9.59 Å². The third-order valence-electron chi connectivity index (χ3n) is 4.12. The Labute approximate surface area is 152 Å². The van der Waals surface area contributed by atoms with Crippen molar-refractivity contribution in [3.05, 3.63) is 42.1 Å². The van der Waals surface area contributed by atoms with Gasteiger partial charge in [0, 0.05) is 24.7 Å².